The quantitative estimate of drug-likeness (QED) is 0.651. The molecular formula is C10H15NO2. The Balaban J connectivity index is 2.34. The van der Waals surface area contributed by atoms with Gasteiger partial charge in [-0.1, -0.05) is 13.0 Å². The summed E-state index contributed by atoms with van der Waals surface area (Å²) in [6.07, 6.45) is 2.48. The molecule has 0 aliphatic rings. The second-order valence-electron chi connectivity index (χ2n) is 2.71. The van der Waals surface area contributed by atoms with Crippen molar-refractivity contribution >= 4 is 0 Å². The fourth-order valence-corrected chi connectivity index (χ4v) is 1.01. The Morgan fingerprint density at radius 2 is 2.31 bits per heavy atom. The van der Waals surface area contributed by atoms with Crippen molar-refractivity contribution < 1.29 is 9.47 Å². The average molecular weight is 181 g/mol. The fraction of sp³-hybridized carbons (Fsp3) is 0.500. The van der Waals surface area contributed by atoms with E-state index in [1.807, 2.05) is 25.1 Å². The van der Waals surface area contributed by atoms with E-state index in [0.29, 0.717) is 6.61 Å². The summed E-state index contributed by atoms with van der Waals surface area (Å²) in [5.74, 6) is 0. The van der Waals surface area contributed by atoms with Crippen LogP contribution in [0.1, 0.15) is 19.0 Å². The summed E-state index contributed by atoms with van der Waals surface area (Å²) in [4.78, 5) is 4.14. The monoisotopic (exact) mass is 181 g/mol. The first kappa shape index (κ1) is 10.2. The van der Waals surface area contributed by atoms with Crippen LogP contribution in [0.3, 0.4) is 0 Å². The van der Waals surface area contributed by atoms with Crippen LogP contribution >= 0.6 is 0 Å². The van der Waals surface area contributed by atoms with Crippen molar-refractivity contribution in [2.45, 2.75) is 26.2 Å². The van der Waals surface area contributed by atoms with Crippen LogP contribution in [0.5, 0.6) is 0 Å². The largest absolute Gasteiger partial charge is 0.356 e. The van der Waals surface area contributed by atoms with Gasteiger partial charge >= 0.3 is 0 Å². The summed E-state index contributed by atoms with van der Waals surface area (Å²) >= 11 is 0. The van der Waals surface area contributed by atoms with Crippen molar-refractivity contribution in [3.05, 3.63) is 30.1 Å². The second kappa shape index (κ2) is 5.67. The minimum atomic E-state index is -0.123. The third kappa shape index (κ3) is 3.53. The lowest BCUT2D eigenvalue weighted by Crippen LogP contribution is -2.13. The van der Waals surface area contributed by atoms with Gasteiger partial charge in [-0.05, 0) is 18.6 Å². The summed E-state index contributed by atoms with van der Waals surface area (Å²) in [5, 5.41) is 0. The van der Waals surface area contributed by atoms with Crippen LogP contribution in [-0.4, -0.2) is 18.4 Å². The predicted octanol–water partition coefficient (Wildman–Crippen LogP) is 1.98. The van der Waals surface area contributed by atoms with E-state index in [0.717, 1.165) is 12.1 Å². The molecule has 0 saturated heterocycles. The van der Waals surface area contributed by atoms with Gasteiger partial charge in [0.25, 0.3) is 0 Å². The van der Waals surface area contributed by atoms with Crippen molar-refractivity contribution in [1.82, 2.24) is 4.98 Å². The molecule has 1 heterocycles. The molecule has 1 atom stereocenters. The van der Waals surface area contributed by atoms with Gasteiger partial charge in [0.05, 0.1) is 12.3 Å². The molecule has 3 heteroatoms. The molecule has 1 rings (SSSR count). The minimum absolute atomic E-state index is 0.123. The van der Waals surface area contributed by atoms with Gasteiger partial charge in [0.1, 0.15) is 0 Å². The third-order valence-corrected chi connectivity index (χ3v) is 1.74. The molecular weight excluding hydrogens is 166 g/mol. The van der Waals surface area contributed by atoms with Gasteiger partial charge < -0.3 is 9.47 Å². The van der Waals surface area contributed by atoms with Gasteiger partial charge in [-0.25, -0.2) is 0 Å². The lowest BCUT2D eigenvalue weighted by atomic mass is 10.4. The maximum absolute atomic E-state index is 5.44. The molecule has 0 saturated carbocycles. The molecule has 0 fully saturated rings. The summed E-state index contributed by atoms with van der Waals surface area (Å²) in [6.45, 7) is 2.53. The van der Waals surface area contributed by atoms with Crippen LogP contribution < -0.4 is 0 Å². The molecule has 1 aromatic rings. The van der Waals surface area contributed by atoms with Crippen LogP contribution in [0.2, 0.25) is 0 Å². The van der Waals surface area contributed by atoms with Crippen molar-refractivity contribution in [2.75, 3.05) is 7.11 Å². The van der Waals surface area contributed by atoms with E-state index in [-0.39, 0.29) is 6.29 Å². The summed E-state index contributed by atoms with van der Waals surface area (Å²) in [5.41, 5.74) is 0.929. The Morgan fingerprint density at radius 3 is 2.85 bits per heavy atom. The Labute approximate surface area is 78.7 Å². The summed E-state index contributed by atoms with van der Waals surface area (Å²) in [6, 6.07) is 5.76. The normalized spacial score (nSPS) is 12.8. The Kier molecular flexibility index (Phi) is 4.43. The van der Waals surface area contributed by atoms with E-state index in [1.54, 1.807) is 13.3 Å². The molecule has 0 bridgehead atoms. The zero-order chi connectivity index (χ0) is 9.52. The molecule has 72 valence electrons. The lowest BCUT2D eigenvalue weighted by Gasteiger charge is -2.13. The lowest BCUT2D eigenvalue weighted by molar-refractivity contribution is -0.133. The molecule has 1 unspecified atom stereocenters. The van der Waals surface area contributed by atoms with E-state index < -0.39 is 0 Å². The number of nitrogens with zero attached hydrogens (tertiary/aromatic N) is 1. The van der Waals surface area contributed by atoms with E-state index >= 15 is 0 Å². The molecule has 0 N–H and O–H groups in total. The Bertz CT molecular complexity index is 222. The smallest absolute Gasteiger partial charge is 0.157 e. The van der Waals surface area contributed by atoms with Gasteiger partial charge in [0.15, 0.2) is 6.29 Å². The van der Waals surface area contributed by atoms with E-state index in [2.05, 4.69) is 4.98 Å². The third-order valence-electron chi connectivity index (χ3n) is 1.74. The maximum atomic E-state index is 5.44. The van der Waals surface area contributed by atoms with Gasteiger partial charge in [-0.2, -0.15) is 0 Å². The number of hydrogen-bond acceptors (Lipinski definition) is 3. The number of methoxy groups -OCH3 is 1. The van der Waals surface area contributed by atoms with E-state index in [4.69, 9.17) is 9.47 Å². The number of pyridine rings is 1. The van der Waals surface area contributed by atoms with Crippen LogP contribution in [0.15, 0.2) is 24.4 Å². The summed E-state index contributed by atoms with van der Waals surface area (Å²) < 4.78 is 10.5. The molecule has 1 aromatic heterocycles. The van der Waals surface area contributed by atoms with Gasteiger partial charge in [0, 0.05) is 13.3 Å². The zero-order valence-corrected chi connectivity index (χ0v) is 8.06. The Hall–Kier alpha value is -0.930. The van der Waals surface area contributed by atoms with Crippen LogP contribution in [0, 0.1) is 0 Å². The standard InChI is InChI=1S/C10H15NO2/c1-3-10(12-2)13-8-9-6-4-5-7-11-9/h4-7,10H,3,8H2,1-2H3. The first-order valence-electron chi connectivity index (χ1n) is 4.41. The highest BCUT2D eigenvalue weighted by Crippen LogP contribution is 2.03. The van der Waals surface area contributed by atoms with Gasteiger partial charge in [-0.15, -0.1) is 0 Å². The molecule has 3 nitrogen and oxygen atoms in total. The second-order valence-corrected chi connectivity index (χ2v) is 2.71. The van der Waals surface area contributed by atoms with Gasteiger partial charge in [0.2, 0.25) is 0 Å². The number of hydrogen-bond donors (Lipinski definition) is 0. The Morgan fingerprint density at radius 1 is 1.46 bits per heavy atom. The predicted molar refractivity (Wildman–Crippen MR) is 50.1 cm³/mol. The first-order chi connectivity index (χ1) is 6.36. The molecule has 0 aliphatic carbocycles. The zero-order valence-electron chi connectivity index (χ0n) is 8.06. The topological polar surface area (TPSA) is 31.4 Å². The fourth-order valence-electron chi connectivity index (χ4n) is 1.01. The highest BCUT2D eigenvalue weighted by molar-refractivity contribution is 5.01. The van der Waals surface area contributed by atoms with Crippen LogP contribution in [-0.2, 0) is 16.1 Å². The van der Waals surface area contributed by atoms with Crippen LogP contribution in [0.4, 0.5) is 0 Å². The van der Waals surface area contributed by atoms with Gasteiger partial charge in [-0.3, -0.25) is 4.98 Å². The van der Waals surface area contributed by atoms with Crippen LogP contribution in [0.25, 0.3) is 0 Å². The molecule has 0 aromatic carbocycles. The molecule has 0 radical (unpaired) electrons. The van der Waals surface area contributed by atoms with E-state index in [1.165, 1.54) is 0 Å². The molecule has 0 aliphatic heterocycles. The highest BCUT2D eigenvalue weighted by Gasteiger charge is 2.03. The molecule has 0 amide bonds. The SMILES string of the molecule is CCC(OC)OCc1ccccn1. The molecule has 0 spiro atoms. The number of rotatable bonds is 5. The van der Waals surface area contributed by atoms with E-state index in [9.17, 15) is 0 Å². The van der Waals surface area contributed by atoms with Crippen molar-refractivity contribution in [2.24, 2.45) is 0 Å². The number of ether oxygens (including phenoxy) is 2. The minimum Gasteiger partial charge on any atom is -0.356 e. The summed E-state index contributed by atoms with van der Waals surface area (Å²) in [7, 11) is 1.65. The average Bonchev–Trinajstić information content (AvgIpc) is 2.21. The maximum Gasteiger partial charge on any atom is 0.157 e. The van der Waals surface area contributed by atoms with Crippen molar-refractivity contribution in [1.29, 1.82) is 0 Å². The first-order valence-corrected chi connectivity index (χ1v) is 4.41. The van der Waals surface area contributed by atoms with Crippen molar-refractivity contribution in [3.63, 3.8) is 0 Å². The highest BCUT2D eigenvalue weighted by atomic mass is 16.7. The molecule has 13 heavy (non-hydrogen) atoms. The number of aromatic nitrogens is 1. The van der Waals surface area contributed by atoms with Crippen molar-refractivity contribution in [3.8, 4) is 0 Å².